The Kier molecular flexibility index (Phi) is 8.32. The van der Waals surface area contributed by atoms with E-state index in [0.29, 0.717) is 18.8 Å². The van der Waals surface area contributed by atoms with E-state index in [1.54, 1.807) is 13.1 Å². The van der Waals surface area contributed by atoms with Crippen molar-refractivity contribution in [2.45, 2.75) is 13.1 Å². The molecule has 1 amide bonds. The average molecular weight is 508 g/mol. The molecule has 0 spiro atoms. The summed E-state index contributed by atoms with van der Waals surface area (Å²) in [6.07, 6.45) is 0. The van der Waals surface area contributed by atoms with E-state index in [4.69, 9.17) is 14.9 Å². The van der Waals surface area contributed by atoms with Gasteiger partial charge in [0, 0.05) is 26.0 Å². The number of primary amides is 1. The van der Waals surface area contributed by atoms with Crippen LogP contribution in [0, 0.1) is 0 Å². The van der Waals surface area contributed by atoms with Crippen molar-refractivity contribution in [3.63, 3.8) is 0 Å². The third-order valence-electron chi connectivity index (χ3n) is 4.17. The molecule has 1 aromatic heterocycles. The molecule has 3 rings (SSSR count). The molecule has 8 heteroatoms. The molecule has 0 aliphatic carbocycles. The molecule has 0 unspecified atom stereocenters. The van der Waals surface area contributed by atoms with E-state index < -0.39 is 5.91 Å². The van der Waals surface area contributed by atoms with Crippen molar-refractivity contribution in [2.75, 3.05) is 20.7 Å². The van der Waals surface area contributed by atoms with Crippen molar-refractivity contribution >= 4 is 46.8 Å². The molecule has 3 aromatic rings. The van der Waals surface area contributed by atoms with Crippen LogP contribution in [0.25, 0.3) is 11.0 Å². The smallest absolute Gasteiger partial charge is 0.255 e. The quantitative estimate of drug-likeness (QED) is 0.291. The topological polar surface area (TPSA) is 93.1 Å². The predicted octanol–water partition coefficient (Wildman–Crippen LogP) is 3.12. The molecule has 0 saturated heterocycles. The van der Waals surface area contributed by atoms with Crippen molar-refractivity contribution in [3.05, 3.63) is 65.9 Å². The molecule has 0 bridgehead atoms. The fourth-order valence-electron chi connectivity index (χ4n) is 2.89. The minimum atomic E-state index is -0.504. The predicted molar refractivity (Wildman–Crippen MR) is 124 cm³/mol. The number of benzene rings is 2. The average Bonchev–Trinajstić information content (AvgIpc) is 3.09. The van der Waals surface area contributed by atoms with Crippen molar-refractivity contribution in [3.8, 4) is 5.75 Å². The Morgan fingerprint density at radius 1 is 1.21 bits per heavy atom. The zero-order valence-electron chi connectivity index (χ0n) is 16.4. The number of hydrogen-bond acceptors (Lipinski definition) is 4. The molecular formula is C21H25IN4O3. The number of furan rings is 1. The lowest BCUT2D eigenvalue weighted by Crippen LogP contribution is -2.37. The Balaban J connectivity index is 0.00000300. The maximum atomic E-state index is 10.8. The number of hydrogen-bond donors (Lipinski definition) is 2. The van der Waals surface area contributed by atoms with E-state index in [1.165, 1.54) is 0 Å². The Morgan fingerprint density at radius 3 is 2.72 bits per heavy atom. The minimum Gasteiger partial charge on any atom is -0.484 e. The van der Waals surface area contributed by atoms with Gasteiger partial charge >= 0.3 is 0 Å². The normalized spacial score (nSPS) is 11.0. The molecule has 0 fully saturated rings. The molecule has 0 saturated carbocycles. The summed E-state index contributed by atoms with van der Waals surface area (Å²) in [6, 6.07) is 17.5. The number of para-hydroxylation sites is 1. The number of fused-ring (bicyclic) bond motifs is 1. The van der Waals surface area contributed by atoms with Crippen LogP contribution < -0.4 is 15.8 Å². The second-order valence-corrected chi connectivity index (χ2v) is 6.41. The van der Waals surface area contributed by atoms with E-state index in [9.17, 15) is 4.79 Å². The second kappa shape index (κ2) is 10.7. The maximum Gasteiger partial charge on any atom is 0.255 e. The summed E-state index contributed by atoms with van der Waals surface area (Å²) in [5.41, 5.74) is 6.99. The third kappa shape index (κ3) is 6.38. The number of rotatable bonds is 7. The molecule has 0 aliphatic heterocycles. The molecule has 0 atom stereocenters. The number of halogens is 1. The number of carbonyl (C=O) groups is 1. The maximum absolute atomic E-state index is 10.8. The van der Waals surface area contributed by atoms with Gasteiger partial charge in [0.05, 0.1) is 6.54 Å². The minimum absolute atomic E-state index is 0. The van der Waals surface area contributed by atoms with Gasteiger partial charge in [0.15, 0.2) is 12.6 Å². The summed E-state index contributed by atoms with van der Waals surface area (Å²) in [5.74, 6) is 1.71. The van der Waals surface area contributed by atoms with E-state index >= 15 is 0 Å². The van der Waals surface area contributed by atoms with Crippen molar-refractivity contribution in [2.24, 2.45) is 10.7 Å². The van der Waals surface area contributed by atoms with Gasteiger partial charge in [-0.1, -0.05) is 30.3 Å². The highest BCUT2D eigenvalue weighted by atomic mass is 127. The fraction of sp³-hybridized carbons (Fsp3) is 0.238. The lowest BCUT2D eigenvalue weighted by atomic mass is 10.2. The van der Waals surface area contributed by atoms with E-state index in [2.05, 4.69) is 10.3 Å². The van der Waals surface area contributed by atoms with Gasteiger partial charge in [0.1, 0.15) is 17.1 Å². The first kappa shape index (κ1) is 22.5. The van der Waals surface area contributed by atoms with Crippen LogP contribution in [0.4, 0.5) is 0 Å². The Hall–Kier alpha value is -2.75. The van der Waals surface area contributed by atoms with E-state index in [0.717, 1.165) is 28.3 Å². The van der Waals surface area contributed by atoms with Crippen LogP contribution in [-0.2, 0) is 17.9 Å². The van der Waals surface area contributed by atoms with E-state index in [-0.39, 0.29) is 30.6 Å². The first-order valence-corrected chi connectivity index (χ1v) is 8.94. The monoisotopic (exact) mass is 508 g/mol. The first-order chi connectivity index (χ1) is 13.5. The largest absolute Gasteiger partial charge is 0.484 e. The van der Waals surface area contributed by atoms with Crippen LogP contribution in [0.3, 0.4) is 0 Å². The lowest BCUT2D eigenvalue weighted by Gasteiger charge is -2.21. The molecule has 0 radical (unpaired) electrons. The molecule has 0 aliphatic rings. The van der Waals surface area contributed by atoms with Gasteiger partial charge in [-0.25, -0.2) is 0 Å². The summed E-state index contributed by atoms with van der Waals surface area (Å²) in [5, 5.41) is 4.40. The number of guanidine groups is 1. The van der Waals surface area contributed by atoms with Crippen LogP contribution >= 0.6 is 24.0 Å². The third-order valence-corrected chi connectivity index (χ3v) is 4.17. The van der Waals surface area contributed by atoms with Crippen LogP contribution in [-0.4, -0.2) is 37.5 Å². The van der Waals surface area contributed by atoms with E-state index in [1.807, 2.05) is 60.5 Å². The number of ether oxygens (including phenoxy) is 1. The van der Waals surface area contributed by atoms with Crippen LogP contribution in [0.15, 0.2) is 64.0 Å². The Labute approximate surface area is 186 Å². The number of carbonyl (C=O) groups excluding carboxylic acids is 1. The Morgan fingerprint density at radius 2 is 2.00 bits per heavy atom. The van der Waals surface area contributed by atoms with Crippen molar-refractivity contribution in [1.82, 2.24) is 10.2 Å². The summed E-state index contributed by atoms with van der Waals surface area (Å²) >= 11 is 0. The number of aliphatic imine (C=N–C) groups is 1. The SMILES string of the molecule is CN=C(NCc1cccc(OCC(N)=O)c1)N(C)Cc1cc2ccccc2o1.I. The second-order valence-electron chi connectivity index (χ2n) is 6.41. The summed E-state index contributed by atoms with van der Waals surface area (Å²) in [7, 11) is 3.69. The van der Waals surface area contributed by atoms with Gasteiger partial charge in [0.25, 0.3) is 5.91 Å². The lowest BCUT2D eigenvalue weighted by molar-refractivity contribution is -0.119. The molecular weight excluding hydrogens is 483 g/mol. The zero-order valence-corrected chi connectivity index (χ0v) is 18.8. The van der Waals surface area contributed by atoms with Gasteiger partial charge in [-0.05, 0) is 29.8 Å². The number of nitrogens with two attached hydrogens (primary N) is 1. The molecule has 3 N–H and O–H groups in total. The molecule has 29 heavy (non-hydrogen) atoms. The van der Waals surface area contributed by atoms with Gasteiger partial charge in [0.2, 0.25) is 0 Å². The molecule has 2 aromatic carbocycles. The zero-order chi connectivity index (χ0) is 19.9. The highest BCUT2D eigenvalue weighted by molar-refractivity contribution is 14.0. The number of amides is 1. The van der Waals surface area contributed by atoms with Crippen LogP contribution in [0.1, 0.15) is 11.3 Å². The standard InChI is InChI=1S/C21H24N4O3.HI/c1-23-21(24-12-15-6-5-8-17(10-15)27-14-20(22)26)25(2)13-18-11-16-7-3-4-9-19(16)28-18;/h3-11H,12-14H2,1-2H3,(H2,22,26)(H,23,24);1H. The summed E-state index contributed by atoms with van der Waals surface area (Å²) < 4.78 is 11.2. The number of nitrogens with one attached hydrogen (secondary N) is 1. The van der Waals surface area contributed by atoms with Crippen molar-refractivity contribution in [1.29, 1.82) is 0 Å². The summed E-state index contributed by atoms with van der Waals surface area (Å²) in [4.78, 5) is 17.2. The highest BCUT2D eigenvalue weighted by Gasteiger charge is 2.10. The van der Waals surface area contributed by atoms with Gasteiger partial charge in [-0.15, -0.1) is 24.0 Å². The van der Waals surface area contributed by atoms with Crippen LogP contribution in [0.5, 0.6) is 5.75 Å². The van der Waals surface area contributed by atoms with Crippen LogP contribution in [0.2, 0.25) is 0 Å². The fourth-order valence-corrected chi connectivity index (χ4v) is 2.89. The van der Waals surface area contributed by atoms with Gasteiger partial charge in [-0.3, -0.25) is 9.79 Å². The molecule has 154 valence electrons. The molecule has 1 heterocycles. The van der Waals surface area contributed by atoms with Crippen molar-refractivity contribution < 1.29 is 13.9 Å². The highest BCUT2D eigenvalue weighted by Crippen LogP contribution is 2.19. The Bertz CT molecular complexity index is 954. The van der Waals surface area contributed by atoms with Gasteiger partial charge < -0.3 is 25.1 Å². The summed E-state index contributed by atoms with van der Waals surface area (Å²) in [6.45, 7) is 1.01. The first-order valence-electron chi connectivity index (χ1n) is 8.94. The number of nitrogens with zero attached hydrogens (tertiary/aromatic N) is 2. The molecule has 7 nitrogen and oxygen atoms in total. The van der Waals surface area contributed by atoms with Gasteiger partial charge in [-0.2, -0.15) is 0 Å².